The second kappa shape index (κ2) is 8.19. The number of fused-ring (bicyclic) bond motifs is 6. The first-order chi connectivity index (χ1) is 14.8. The highest BCUT2D eigenvalue weighted by Crippen LogP contribution is 2.65. The summed E-state index contributed by atoms with van der Waals surface area (Å²) in [6.07, 6.45) is 12.2. The van der Waals surface area contributed by atoms with E-state index in [4.69, 9.17) is 4.74 Å². The predicted molar refractivity (Wildman–Crippen MR) is 124 cm³/mol. The largest absolute Gasteiger partial charge is 1.00 e. The van der Waals surface area contributed by atoms with E-state index in [0.717, 1.165) is 55.9 Å². The molecule has 3 saturated carbocycles. The molecule has 4 aliphatic carbocycles. The van der Waals surface area contributed by atoms with Crippen LogP contribution in [0.2, 0.25) is 0 Å². The molecule has 0 bridgehead atoms. The van der Waals surface area contributed by atoms with E-state index in [2.05, 4.69) is 33.0 Å². The first-order valence-corrected chi connectivity index (χ1v) is 13.4. The van der Waals surface area contributed by atoms with Crippen LogP contribution in [0.25, 0.3) is 0 Å². The van der Waals surface area contributed by atoms with Crippen LogP contribution in [0.1, 0.15) is 91.9 Å². The Kier molecular flexibility index (Phi) is 6.03. The van der Waals surface area contributed by atoms with E-state index in [1.165, 1.54) is 38.5 Å². The molecule has 2 aliphatic heterocycles. The summed E-state index contributed by atoms with van der Waals surface area (Å²) in [5.74, 6) is 4.97. The summed E-state index contributed by atoms with van der Waals surface area (Å²) in [7, 11) is 0. The molecule has 0 unspecified atom stereocenters. The van der Waals surface area contributed by atoms with Crippen LogP contribution in [0.3, 0.4) is 0 Å². The highest BCUT2D eigenvalue weighted by molar-refractivity contribution is 5.79. The minimum absolute atomic E-state index is 0. The lowest BCUT2D eigenvalue weighted by Crippen LogP contribution is -3.00. The third-order valence-corrected chi connectivity index (χ3v) is 11.4. The molecule has 0 aromatic carbocycles. The van der Waals surface area contributed by atoms with Crippen LogP contribution in [0, 0.1) is 40.9 Å². The summed E-state index contributed by atoms with van der Waals surface area (Å²) in [5.41, 5.74) is 3.95. The molecule has 0 aromatic heterocycles. The first kappa shape index (κ1) is 23.5. The molecule has 6 rings (SSSR count). The zero-order valence-electron chi connectivity index (χ0n) is 20.6. The third kappa shape index (κ3) is 3.36. The smallest absolute Gasteiger partial charge is 0.133 e. The normalized spacial score (nSPS) is 52.6. The van der Waals surface area contributed by atoms with Gasteiger partial charge in [-0.3, -0.25) is 4.79 Å². The van der Waals surface area contributed by atoms with Gasteiger partial charge < -0.3 is 27.0 Å². The Labute approximate surface area is 205 Å². The van der Waals surface area contributed by atoms with E-state index >= 15 is 0 Å². The number of piperidine rings is 1. The van der Waals surface area contributed by atoms with E-state index < -0.39 is 0 Å². The fraction of sp³-hybridized carbons (Fsp3) is 0.893. The van der Waals surface area contributed by atoms with Gasteiger partial charge in [-0.05, 0) is 99.8 Å². The molecular formula is C28H43BrNO2-. The number of Topliss-reactive ketones (excluding diaryl/α,β-unsaturated/α-hetero) is 1. The Morgan fingerprint density at radius 1 is 1.09 bits per heavy atom. The van der Waals surface area contributed by atoms with Gasteiger partial charge in [0.1, 0.15) is 5.78 Å². The van der Waals surface area contributed by atoms with Crippen LogP contribution >= 0.6 is 0 Å². The van der Waals surface area contributed by atoms with Crippen molar-refractivity contribution in [3.8, 4) is 0 Å². The number of hydrogen-bond acceptors (Lipinski definition) is 3. The number of carbonyl (C=O) groups excluding carboxylic acids is 1. The number of hydrogen-bond donors (Lipinski definition) is 1. The molecule has 4 heteroatoms. The van der Waals surface area contributed by atoms with Crippen molar-refractivity contribution in [3.05, 3.63) is 11.1 Å². The Morgan fingerprint density at radius 3 is 2.72 bits per heavy atom. The van der Waals surface area contributed by atoms with Crippen LogP contribution in [-0.2, 0) is 9.53 Å². The second-order valence-corrected chi connectivity index (χ2v) is 12.9. The average molecular weight is 506 g/mol. The quantitative estimate of drug-likeness (QED) is 0.515. The van der Waals surface area contributed by atoms with Crippen LogP contribution in [0.15, 0.2) is 11.1 Å². The lowest BCUT2D eigenvalue weighted by molar-refractivity contribution is -0.129. The fourth-order valence-electron chi connectivity index (χ4n) is 9.61. The molecule has 5 fully saturated rings. The van der Waals surface area contributed by atoms with Crippen molar-refractivity contribution in [3.63, 3.8) is 0 Å². The van der Waals surface area contributed by atoms with Gasteiger partial charge in [-0.15, -0.1) is 0 Å². The zero-order valence-corrected chi connectivity index (χ0v) is 22.2. The van der Waals surface area contributed by atoms with Gasteiger partial charge in [0.05, 0.1) is 11.7 Å². The first-order valence-electron chi connectivity index (χ1n) is 13.4. The van der Waals surface area contributed by atoms with E-state index in [1.807, 2.05) is 5.57 Å². The van der Waals surface area contributed by atoms with Gasteiger partial charge >= 0.3 is 0 Å². The Hall–Kier alpha value is -0.190. The molecule has 1 N–H and O–H groups in total. The topological polar surface area (TPSA) is 38.3 Å². The van der Waals surface area contributed by atoms with Crippen molar-refractivity contribution in [2.24, 2.45) is 40.9 Å². The van der Waals surface area contributed by atoms with Crippen molar-refractivity contribution in [2.75, 3.05) is 6.54 Å². The van der Waals surface area contributed by atoms with E-state index in [0.29, 0.717) is 35.2 Å². The predicted octanol–water partition coefficient (Wildman–Crippen LogP) is 2.68. The highest BCUT2D eigenvalue weighted by Gasteiger charge is 2.59. The van der Waals surface area contributed by atoms with Gasteiger partial charge in [-0.25, -0.2) is 0 Å². The van der Waals surface area contributed by atoms with E-state index in [9.17, 15) is 4.79 Å². The number of halogens is 1. The van der Waals surface area contributed by atoms with Crippen molar-refractivity contribution in [2.45, 2.75) is 110 Å². The molecule has 32 heavy (non-hydrogen) atoms. The molecular weight excluding hydrogens is 462 g/mol. The number of ether oxygens (including phenoxy) is 1. The Bertz CT molecular complexity index is 809. The van der Waals surface area contributed by atoms with Gasteiger partial charge in [0.15, 0.2) is 0 Å². The SMILES string of the molecule is CC1=C2C[C@H]3[C@@H](CC[C@@H]4CC(=O)CC[C@@]43C)[C@@H]2CC[C@@]2(C1)O[C@@H]1C[C@H](C)CN[C@H]1[C@H]2C.[Br-]. The lowest BCUT2D eigenvalue weighted by Gasteiger charge is -2.52. The second-order valence-electron chi connectivity index (χ2n) is 12.9. The molecule has 180 valence electrons. The summed E-state index contributed by atoms with van der Waals surface area (Å²) >= 11 is 0. The number of rotatable bonds is 0. The molecule has 3 nitrogen and oxygen atoms in total. The summed E-state index contributed by atoms with van der Waals surface area (Å²) in [6.45, 7) is 11.0. The van der Waals surface area contributed by atoms with Crippen LogP contribution in [0.4, 0.5) is 0 Å². The lowest BCUT2D eigenvalue weighted by atomic mass is 9.52. The molecule has 0 radical (unpaired) electrons. The van der Waals surface area contributed by atoms with Gasteiger partial charge in [-0.2, -0.15) is 0 Å². The monoisotopic (exact) mass is 504 g/mol. The number of allylic oxidation sites excluding steroid dienone is 1. The minimum Gasteiger partial charge on any atom is -1.00 e. The number of carbonyl (C=O) groups is 1. The summed E-state index contributed by atoms with van der Waals surface area (Å²) in [5, 5.41) is 3.85. The summed E-state index contributed by atoms with van der Waals surface area (Å²) in [4.78, 5) is 12.2. The average Bonchev–Trinajstić information content (AvgIpc) is 3.19. The van der Waals surface area contributed by atoms with E-state index in [1.54, 1.807) is 5.57 Å². The highest BCUT2D eigenvalue weighted by atomic mass is 79.9. The molecule has 10 atom stereocenters. The number of ketones is 1. The van der Waals surface area contributed by atoms with Crippen molar-refractivity contribution >= 4 is 5.78 Å². The maximum Gasteiger partial charge on any atom is 0.133 e. The minimum atomic E-state index is 0. The van der Waals surface area contributed by atoms with Gasteiger partial charge in [0.2, 0.25) is 0 Å². The maximum atomic E-state index is 12.2. The molecule has 0 amide bonds. The zero-order chi connectivity index (χ0) is 21.5. The summed E-state index contributed by atoms with van der Waals surface area (Å²) in [6, 6.07) is 0.550. The summed E-state index contributed by atoms with van der Waals surface area (Å²) < 4.78 is 7.01. The van der Waals surface area contributed by atoms with Gasteiger partial charge in [0, 0.05) is 24.8 Å². The molecule has 2 heterocycles. The van der Waals surface area contributed by atoms with Gasteiger partial charge in [0.25, 0.3) is 0 Å². The molecule has 0 aromatic rings. The third-order valence-electron chi connectivity index (χ3n) is 11.4. The van der Waals surface area contributed by atoms with Crippen molar-refractivity contribution in [1.29, 1.82) is 0 Å². The maximum absolute atomic E-state index is 12.2. The standard InChI is InChI=1S/C28H43NO2.BrH/c1-16-11-25-26(29-15-16)18(3)28(31-25)10-8-21-22-6-5-19-12-20(30)7-9-27(19,4)24(22)13-23(21)17(2)14-28;/h16,18-19,21-22,24-26,29H,5-15H2,1-4H3;1H/p-1/t16-,18+,19+,21-,22-,24-,25+,26-,27-,28-;/m0./s1. The van der Waals surface area contributed by atoms with Crippen LogP contribution in [0.5, 0.6) is 0 Å². The van der Waals surface area contributed by atoms with Crippen molar-refractivity contribution in [1.82, 2.24) is 5.32 Å². The van der Waals surface area contributed by atoms with Crippen LogP contribution < -0.4 is 22.3 Å². The fourth-order valence-corrected chi connectivity index (χ4v) is 9.61. The molecule has 2 saturated heterocycles. The Balaban J connectivity index is 0.00000216. The molecule has 6 aliphatic rings. The number of nitrogens with one attached hydrogen (secondary N) is 1. The van der Waals surface area contributed by atoms with E-state index in [-0.39, 0.29) is 22.6 Å². The van der Waals surface area contributed by atoms with Crippen molar-refractivity contribution < 1.29 is 26.5 Å². The van der Waals surface area contributed by atoms with Gasteiger partial charge in [-0.1, -0.05) is 31.9 Å². The Morgan fingerprint density at radius 2 is 1.91 bits per heavy atom. The molecule has 1 spiro atoms. The van der Waals surface area contributed by atoms with Crippen LogP contribution in [-0.4, -0.2) is 30.1 Å².